The van der Waals surface area contributed by atoms with Crippen LogP contribution >= 0.6 is 0 Å². The number of hydrogen-bond donors (Lipinski definition) is 2. The third-order valence-electron chi connectivity index (χ3n) is 2.93. The number of nitrogens with one attached hydrogen (secondary N) is 1. The van der Waals surface area contributed by atoms with E-state index in [2.05, 4.69) is 4.98 Å². The number of nitrogens with two attached hydrogens (primary N) is 1. The summed E-state index contributed by atoms with van der Waals surface area (Å²) in [4.78, 5) is 26.9. The molecule has 0 amide bonds. The van der Waals surface area contributed by atoms with Crippen LogP contribution in [0.3, 0.4) is 0 Å². The van der Waals surface area contributed by atoms with Crippen molar-refractivity contribution in [2.45, 2.75) is 0 Å². The van der Waals surface area contributed by atoms with Gasteiger partial charge in [-0.2, -0.15) is 0 Å². The Morgan fingerprint density at radius 2 is 1.84 bits per heavy atom. The Morgan fingerprint density at radius 1 is 1.11 bits per heavy atom. The Hall–Kier alpha value is -2.82. The fourth-order valence-electron chi connectivity index (χ4n) is 2.04. The maximum Gasteiger partial charge on any atom is 0.333 e. The van der Waals surface area contributed by atoms with Gasteiger partial charge in [0.1, 0.15) is 0 Å². The quantitative estimate of drug-likeness (QED) is 0.646. The molecule has 0 aliphatic heterocycles. The summed E-state index contributed by atoms with van der Waals surface area (Å²) >= 11 is 0. The third kappa shape index (κ3) is 1.81. The predicted octanol–water partition coefficient (Wildman–Crippen LogP) is 1.60. The SMILES string of the molecule is Nc1ccc2c(c1)[nH]c(=O)n2C(=O)c1ccccc1. The van der Waals surface area contributed by atoms with E-state index in [9.17, 15) is 9.59 Å². The molecule has 5 nitrogen and oxygen atoms in total. The first-order valence-corrected chi connectivity index (χ1v) is 5.77. The Labute approximate surface area is 108 Å². The van der Waals surface area contributed by atoms with Crippen molar-refractivity contribution in [1.82, 2.24) is 9.55 Å². The molecule has 0 aliphatic carbocycles. The molecule has 19 heavy (non-hydrogen) atoms. The molecule has 1 heterocycles. The number of fused-ring (bicyclic) bond motifs is 1. The molecule has 0 bridgehead atoms. The fraction of sp³-hybridized carbons (Fsp3) is 0. The minimum atomic E-state index is -0.463. The molecule has 3 aromatic rings. The van der Waals surface area contributed by atoms with Crippen LogP contribution in [0.25, 0.3) is 11.0 Å². The first-order valence-electron chi connectivity index (χ1n) is 5.77. The van der Waals surface area contributed by atoms with Gasteiger partial charge in [0.2, 0.25) is 0 Å². The van der Waals surface area contributed by atoms with Crippen LogP contribution in [-0.4, -0.2) is 15.5 Å². The molecule has 94 valence electrons. The van der Waals surface area contributed by atoms with Crippen LogP contribution in [-0.2, 0) is 0 Å². The summed E-state index contributed by atoms with van der Waals surface area (Å²) in [5.41, 5.74) is 7.26. The van der Waals surface area contributed by atoms with Crippen LogP contribution in [0.2, 0.25) is 0 Å². The maximum absolute atomic E-state index is 12.3. The monoisotopic (exact) mass is 253 g/mol. The summed E-state index contributed by atoms with van der Waals surface area (Å²) in [5.74, 6) is -0.360. The molecule has 3 rings (SSSR count). The number of benzene rings is 2. The van der Waals surface area contributed by atoms with Gasteiger partial charge in [-0.25, -0.2) is 9.36 Å². The molecule has 0 fully saturated rings. The number of aromatic nitrogens is 2. The molecule has 0 unspecified atom stereocenters. The highest BCUT2D eigenvalue weighted by atomic mass is 16.2. The van der Waals surface area contributed by atoms with E-state index in [0.29, 0.717) is 22.3 Å². The zero-order chi connectivity index (χ0) is 13.4. The number of aromatic amines is 1. The molecular weight excluding hydrogens is 242 g/mol. The topological polar surface area (TPSA) is 80.9 Å². The Morgan fingerprint density at radius 3 is 2.58 bits per heavy atom. The Balaban J connectivity index is 2.23. The van der Waals surface area contributed by atoms with E-state index < -0.39 is 5.69 Å². The van der Waals surface area contributed by atoms with Crippen molar-refractivity contribution in [2.75, 3.05) is 5.73 Å². The lowest BCUT2D eigenvalue weighted by Gasteiger charge is -2.02. The van der Waals surface area contributed by atoms with Crippen molar-refractivity contribution in [2.24, 2.45) is 0 Å². The Kier molecular flexibility index (Phi) is 2.45. The average molecular weight is 253 g/mol. The number of anilines is 1. The van der Waals surface area contributed by atoms with Crippen molar-refractivity contribution in [3.63, 3.8) is 0 Å². The number of hydrogen-bond acceptors (Lipinski definition) is 3. The van der Waals surface area contributed by atoms with Crippen molar-refractivity contribution in [3.8, 4) is 0 Å². The van der Waals surface area contributed by atoms with Crippen molar-refractivity contribution in [3.05, 3.63) is 64.6 Å². The number of carbonyl (C=O) groups excluding carboxylic acids is 1. The third-order valence-corrected chi connectivity index (χ3v) is 2.93. The molecule has 0 atom stereocenters. The summed E-state index contributed by atoms with van der Waals surface area (Å²) in [6.07, 6.45) is 0. The van der Waals surface area contributed by atoms with Crippen molar-refractivity contribution in [1.29, 1.82) is 0 Å². The summed E-state index contributed by atoms with van der Waals surface area (Å²) in [7, 11) is 0. The molecule has 0 spiro atoms. The highest BCUT2D eigenvalue weighted by Gasteiger charge is 2.15. The van der Waals surface area contributed by atoms with E-state index in [-0.39, 0.29) is 5.91 Å². The summed E-state index contributed by atoms with van der Waals surface area (Å²) in [5, 5.41) is 0. The van der Waals surface area contributed by atoms with Gasteiger partial charge >= 0.3 is 5.69 Å². The first-order chi connectivity index (χ1) is 9.16. The van der Waals surface area contributed by atoms with Gasteiger partial charge in [-0.1, -0.05) is 18.2 Å². The van der Waals surface area contributed by atoms with Gasteiger partial charge in [0.15, 0.2) is 0 Å². The fourth-order valence-corrected chi connectivity index (χ4v) is 2.04. The predicted molar refractivity (Wildman–Crippen MR) is 73.1 cm³/mol. The Bertz CT molecular complexity index is 816. The number of carbonyl (C=O) groups is 1. The normalized spacial score (nSPS) is 10.7. The summed E-state index contributed by atoms with van der Waals surface area (Å²) < 4.78 is 1.12. The van der Waals surface area contributed by atoms with Crippen LogP contribution in [0, 0.1) is 0 Å². The standard InChI is InChI=1S/C14H11N3O2/c15-10-6-7-12-11(8-10)16-14(19)17(12)13(18)9-4-2-1-3-5-9/h1-8H,15H2,(H,16,19). The number of nitrogen functional groups attached to an aromatic ring is 1. The van der Waals surface area contributed by atoms with E-state index in [1.54, 1.807) is 42.5 Å². The number of imidazole rings is 1. The molecule has 2 aromatic carbocycles. The van der Waals surface area contributed by atoms with Crippen LogP contribution < -0.4 is 11.4 Å². The largest absolute Gasteiger partial charge is 0.399 e. The van der Waals surface area contributed by atoms with Crippen LogP contribution in [0.1, 0.15) is 10.4 Å². The van der Waals surface area contributed by atoms with E-state index in [1.165, 1.54) is 0 Å². The number of rotatable bonds is 1. The van der Waals surface area contributed by atoms with E-state index in [0.717, 1.165) is 4.57 Å². The number of nitrogens with zero attached hydrogens (tertiary/aromatic N) is 1. The first kappa shape index (κ1) is 11.3. The molecule has 5 heteroatoms. The second kappa shape index (κ2) is 4.13. The van der Waals surface area contributed by atoms with Crippen molar-refractivity contribution < 1.29 is 4.79 Å². The molecule has 3 N–H and O–H groups in total. The molecule has 0 saturated heterocycles. The van der Waals surface area contributed by atoms with Crippen LogP contribution in [0.4, 0.5) is 5.69 Å². The second-order valence-electron chi connectivity index (χ2n) is 4.21. The zero-order valence-electron chi connectivity index (χ0n) is 9.96. The van der Waals surface area contributed by atoms with Gasteiger partial charge in [-0.15, -0.1) is 0 Å². The minimum absolute atomic E-state index is 0.360. The molecular formula is C14H11N3O2. The van der Waals surface area contributed by atoms with Gasteiger partial charge in [-0.05, 0) is 30.3 Å². The molecule has 0 aliphatic rings. The van der Waals surface area contributed by atoms with Crippen LogP contribution in [0.15, 0.2) is 53.3 Å². The lowest BCUT2D eigenvalue weighted by Crippen LogP contribution is -2.24. The zero-order valence-corrected chi connectivity index (χ0v) is 9.96. The second-order valence-corrected chi connectivity index (χ2v) is 4.21. The summed E-state index contributed by atoms with van der Waals surface area (Å²) in [6.45, 7) is 0. The molecule has 1 aromatic heterocycles. The highest BCUT2D eigenvalue weighted by molar-refractivity contribution is 6.01. The van der Waals surface area contributed by atoms with Gasteiger partial charge in [-0.3, -0.25) is 4.79 Å². The average Bonchev–Trinajstić information content (AvgIpc) is 2.74. The minimum Gasteiger partial charge on any atom is -0.399 e. The highest BCUT2D eigenvalue weighted by Crippen LogP contribution is 2.15. The molecule has 0 radical (unpaired) electrons. The summed E-state index contributed by atoms with van der Waals surface area (Å²) in [6, 6.07) is 13.6. The van der Waals surface area contributed by atoms with E-state index >= 15 is 0 Å². The van der Waals surface area contributed by atoms with E-state index in [1.807, 2.05) is 6.07 Å². The smallest absolute Gasteiger partial charge is 0.333 e. The lowest BCUT2D eigenvalue weighted by atomic mass is 10.2. The van der Waals surface area contributed by atoms with Gasteiger partial charge < -0.3 is 10.7 Å². The van der Waals surface area contributed by atoms with Crippen molar-refractivity contribution >= 4 is 22.6 Å². The van der Waals surface area contributed by atoms with Gasteiger partial charge in [0.25, 0.3) is 5.91 Å². The maximum atomic E-state index is 12.3. The van der Waals surface area contributed by atoms with Gasteiger partial charge in [0.05, 0.1) is 11.0 Å². The van der Waals surface area contributed by atoms with E-state index in [4.69, 9.17) is 5.73 Å². The molecule has 0 saturated carbocycles. The lowest BCUT2D eigenvalue weighted by molar-refractivity contribution is 0.0961. The van der Waals surface area contributed by atoms with Crippen LogP contribution in [0.5, 0.6) is 0 Å². The van der Waals surface area contributed by atoms with Gasteiger partial charge in [0, 0.05) is 11.3 Å². The number of H-pyrrole nitrogens is 1.